The van der Waals surface area contributed by atoms with Crippen molar-refractivity contribution < 1.29 is 14.3 Å². The molecule has 0 radical (unpaired) electrons. The predicted octanol–water partition coefficient (Wildman–Crippen LogP) is 3.08. The first-order chi connectivity index (χ1) is 8.22. The lowest BCUT2D eigenvalue weighted by Gasteiger charge is -2.13. The summed E-state index contributed by atoms with van der Waals surface area (Å²) in [7, 11) is 1.58. The largest absolute Gasteiger partial charge is 0.494 e. The number of ketones is 1. The second-order valence-corrected chi connectivity index (χ2v) is 3.83. The number of carbonyl (C=O) groups excluding carboxylic acids is 1. The van der Waals surface area contributed by atoms with Crippen LogP contribution in [-0.4, -0.2) is 25.6 Å². The predicted molar refractivity (Wildman–Crippen MR) is 67.6 cm³/mol. The third kappa shape index (κ3) is 3.86. The van der Waals surface area contributed by atoms with Crippen LogP contribution in [0.1, 0.15) is 37.0 Å². The third-order valence-electron chi connectivity index (χ3n) is 2.58. The summed E-state index contributed by atoms with van der Waals surface area (Å²) in [6.07, 6.45) is 1.35. The van der Waals surface area contributed by atoms with Crippen molar-refractivity contribution in [2.24, 2.45) is 0 Å². The first-order valence-corrected chi connectivity index (χ1v) is 6.02. The van der Waals surface area contributed by atoms with Gasteiger partial charge in [0, 0.05) is 12.7 Å². The molecule has 0 saturated heterocycles. The fourth-order valence-corrected chi connectivity index (χ4v) is 1.69. The molecule has 0 aliphatic carbocycles. The first-order valence-electron chi connectivity index (χ1n) is 6.02. The van der Waals surface area contributed by atoms with Crippen molar-refractivity contribution in [2.75, 3.05) is 13.7 Å². The molecule has 1 aromatic rings. The van der Waals surface area contributed by atoms with Gasteiger partial charge in [-0.05, 0) is 37.6 Å². The van der Waals surface area contributed by atoms with E-state index in [9.17, 15) is 4.79 Å². The highest BCUT2D eigenvalue weighted by Gasteiger charge is 2.18. The molecule has 0 fully saturated rings. The molecule has 1 unspecified atom stereocenters. The van der Waals surface area contributed by atoms with Crippen molar-refractivity contribution in [2.45, 2.75) is 32.8 Å². The van der Waals surface area contributed by atoms with Crippen LogP contribution in [0.3, 0.4) is 0 Å². The van der Waals surface area contributed by atoms with E-state index >= 15 is 0 Å². The summed E-state index contributed by atoms with van der Waals surface area (Å²) in [5, 5.41) is 0. The van der Waals surface area contributed by atoms with Gasteiger partial charge in [-0.25, -0.2) is 0 Å². The Morgan fingerprint density at radius 3 is 2.35 bits per heavy atom. The number of Topliss-reactive ketones (excluding diaryl/α,β-unsaturated/α-hetero) is 1. The third-order valence-corrected chi connectivity index (χ3v) is 2.58. The van der Waals surface area contributed by atoms with Crippen LogP contribution in [0, 0.1) is 0 Å². The minimum Gasteiger partial charge on any atom is -0.494 e. The van der Waals surface area contributed by atoms with Crippen LogP contribution in [0.5, 0.6) is 5.75 Å². The smallest absolute Gasteiger partial charge is 0.191 e. The molecule has 0 aliphatic heterocycles. The van der Waals surface area contributed by atoms with Crippen LogP contribution < -0.4 is 4.74 Å². The molecule has 0 spiro atoms. The van der Waals surface area contributed by atoms with Crippen LogP contribution in [0.2, 0.25) is 0 Å². The average molecular weight is 236 g/mol. The Morgan fingerprint density at radius 1 is 1.24 bits per heavy atom. The van der Waals surface area contributed by atoms with Crippen LogP contribution in [0.15, 0.2) is 24.3 Å². The second-order valence-electron chi connectivity index (χ2n) is 3.83. The number of benzene rings is 1. The molecule has 0 aromatic heterocycles. The Labute approximate surface area is 103 Å². The quantitative estimate of drug-likeness (QED) is 0.682. The lowest BCUT2D eigenvalue weighted by Crippen LogP contribution is -2.22. The zero-order chi connectivity index (χ0) is 12.7. The Hall–Kier alpha value is -1.35. The van der Waals surface area contributed by atoms with Crippen molar-refractivity contribution in [3.8, 4) is 5.75 Å². The molecule has 1 aromatic carbocycles. The Morgan fingerprint density at radius 2 is 1.88 bits per heavy atom. The van der Waals surface area contributed by atoms with Gasteiger partial charge in [-0.15, -0.1) is 0 Å². The van der Waals surface area contributed by atoms with Crippen LogP contribution in [0.4, 0.5) is 0 Å². The standard InChI is InChI=1S/C14H20O3/c1-4-6-13(16-3)14(15)11-7-9-12(10-8-11)17-5-2/h7-10,13H,4-6H2,1-3H3. The van der Waals surface area contributed by atoms with E-state index in [1.165, 1.54) is 0 Å². The number of ether oxygens (including phenoxy) is 2. The van der Waals surface area contributed by atoms with Crippen molar-refractivity contribution in [1.29, 1.82) is 0 Å². The van der Waals surface area contributed by atoms with Gasteiger partial charge in [-0.2, -0.15) is 0 Å². The number of carbonyl (C=O) groups is 1. The Balaban J connectivity index is 2.74. The van der Waals surface area contributed by atoms with E-state index in [1.54, 1.807) is 19.2 Å². The SMILES string of the molecule is CCCC(OC)C(=O)c1ccc(OCC)cc1. The molecular weight excluding hydrogens is 216 g/mol. The lowest BCUT2D eigenvalue weighted by atomic mass is 10.0. The molecule has 1 atom stereocenters. The first kappa shape index (κ1) is 13.7. The normalized spacial score (nSPS) is 12.2. The van der Waals surface area contributed by atoms with Gasteiger partial charge in [0.2, 0.25) is 0 Å². The molecule has 0 N–H and O–H groups in total. The molecule has 0 saturated carbocycles. The molecule has 3 heteroatoms. The van der Waals surface area contributed by atoms with Gasteiger partial charge < -0.3 is 9.47 Å². The summed E-state index contributed by atoms with van der Waals surface area (Å²) in [6, 6.07) is 7.20. The highest BCUT2D eigenvalue weighted by Crippen LogP contribution is 2.15. The van der Waals surface area contributed by atoms with Crippen LogP contribution in [0.25, 0.3) is 0 Å². The summed E-state index contributed by atoms with van der Waals surface area (Å²) >= 11 is 0. The summed E-state index contributed by atoms with van der Waals surface area (Å²) in [6.45, 7) is 4.60. The Bertz CT molecular complexity index is 343. The van der Waals surface area contributed by atoms with E-state index < -0.39 is 0 Å². The van der Waals surface area contributed by atoms with E-state index in [0.717, 1.165) is 18.6 Å². The summed E-state index contributed by atoms with van der Waals surface area (Å²) in [4.78, 5) is 12.1. The molecule has 3 nitrogen and oxygen atoms in total. The lowest BCUT2D eigenvalue weighted by molar-refractivity contribution is 0.0578. The van der Waals surface area contributed by atoms with Gasteiger partial charge in [-0.3, -0.25) is 4.79 Å². The maximum Gasteiger partial charge on any atom is 0.191 e. The zero-order valence-electron chi connectivity index (χ0n) is 10.7. The molecule has 0 bridgehead atoms. The molecule has 94 valence electrons. The van der Waals surface area contributed by atoms with Gasteiger partial charge in [0.25, 0.3) is 0 Å². The second kappa shape index (κ2) is 7.07. The minimum absolute atomic E-state index is 0.0393. The van der Waals surface area contributed by atoms with Gasteiger partial charge in [-0.1, -0.05) is 13.3 Å². The average Bonchev–Trinajstić information content (AvgIpc) is 2.36. The van der Waals surface area contributed by atoms with E-state index in [1.807, 2.05) is 26.0 Å². The fourth-order valence-electron chi connectivity index (χ4n) is 1.69. The topological polar surface area (TPSA) is 35.5 Å². The number of methoxy groups -OCH3 is 1. The van der Waals surface area contributed by atoms with Gasteiger partial charge in [0.05, 0.1) is 6.61 Å². The van der Waals surface area contributed by atoms with E-state index in [2.05, 4.69) is 0 Å². The Kier molecular flexibility index (Phi) is 5.70. The van der Waals surface area contributed by atoms with Crippen molar-refractivity contribution in [1.82, 2.24) is 0 Å². The highest BCUT2D eigenvalue weighted by atomic mass is 16.5. The van der Waals surface area contributed by atoms with Gasteiger partial charge in [0.1, 0.15) is 11.9 Å². The maximum absolute atomic E-state index is 12.1. The van der Waals surface area contributed by atoms with Crippen molar-refractivity contribution in [3.05, 3.63) is 29.8 Å². The number of hydrogen-bond donors (Lipinski definition) is 0. The van der Waals surface area contributed by atoms with Crippen molar-refractivity contribution in [3.63, 3.8) is 0 Å². The van der Waals surface area contributed by atoms with Gasteiger partial charge in [0.15, 0.2) is 5.78 Å². The van der Waals surface area contributed by atoms with Crippen LogP contribution >= 0.6 is 0 Å². The highest BCUT2D eigenvalue weighted by molar-refractivity contribution is 5.99. The summed E-state index contributed by atoms with van der Waals surface area (Å²) in [5.41, 5.74) is 0.675. The summed E-state index contributed by atoms with van der Waals surface area (Å²) in [5.74, 6) is 0.825. The monoisotopic (exact) mass is 236 g/mol. The molecule has 17 heavy (non-hydrogen) atoms. The fraction of sp³-hybridized carbons (Fsp3) is 0.500. The minimum atomic E-state index is -0.335. The number of rotatable bonds is 7. The molecule has 0 amide bonds. The maximum atomic E-state index is 12.1. The molecule has 1 rings (SSSR count). The van der Waals surface area contributed by atoms with E-state index in [4.69, 9.17) is 9.47 Å². The van der Waals surface area contributed by atoms with Crippen molar-refractivity contribution >= 4 is 5.78 Å². The molecule has 0 heterocycles. The van der Waals surface area contributed by atoms with E-state index in [0.29, 0.717) is 12.2 Å². The number of hydrogen-bond acceptors (Lipinski definition) is 3. The van der Waals surface area contributed by atoms with E-state index in [-0.39, 0.29) is 11.9 Å². The van der Waals surface area contributed by atoms with Crippen LogP contribution in [-0.2, 0) is 4.74 Å². The summed E-state index contributed by atoms with van der Waals surface area (Å²) < 4.78 is 10.5. The molecule has 0 aliphatic rings. The van der Waals surface area contributed by atoms with Gasteiger partial charge >= 0.3 is 0 Å². The molecular formula is C14H20O3. The zero-order valence-corrected chi connectivity index (χ0v) is 10.7.